The minimum atomic E-state index is -0.649. The van der Waals surface area contributed by atoms with E-state index in [9.17, 15) is 0 Å². The Hall–Kier alpha value is -0.320. The van der Waals surface area contributed by atoms with E-state index in [0.717, 1.165) is 0 Å². The van der Waals surface area contributed by atoms with E-state index in [1.54, 1.807) is 0 Å². The molecule has 12 heavy (non-hydrogen) atoms. The molecule has 0 rings (SSSR count). The Morgan fingerprint density at radius 1 is 1.42 bits per heavy atom. The SMILES string of the molecule is CCC(N)(CC)C(CO)=NO.Cl. The van der Waals surface area contributed by atoms with Gasteiger partial charge in [-0.2, -0.15) is 0 Å². The van der Waals surface area contributed by atoms with Gasteiger partial charge in [-0.1, -0.05) is 19.0 Å². The first kappa shape index (κ1) is 14.2. The van der Waals surface area contributed by atoms with Crippen LogP contribution in [0.5, 0.6) is 0 Å². The number of oxime groups is 1. The third-order valence-electron chi connectivity index (χ3n) is 2.11. The molecule has 0 aromatic carbocycles. The summed E-state index contributed by atoms with van der Waals surface area (Å²) in [6.45, 7) is 3.50. The van der Waals surface area contributed by atoms with Gasteiger partial charge in [-0.3, -0.25) is 0 Å². The highest BCUT2D eigenvalue weighted by Crippen LogP contribution is 2.13. The summed E-state index contributed by atoms with van der Waals surface area (Å²) in [6, 6.07) is 0. The standard InChI is InChI=1S/C7H16N2O2.ClH/c1-3-7(8,4-2)6(5-10)9-11;/h10-11H,3-5,8H2,1-2H3;1H. The van der Waals surface area contributed by atoms with Crippen molar-refractivity contribution >= 4 is 18.1 Å². The molecule has 0 unspecified atom stereocenters. The summed E-state index contributed by atoms with van der Waals surface area (Å²) >= 11 is 0. The first-order valence-corrected chi connectivity index (χ1v) is 3.75. The summed E-state index contributed by atoms with van der Waals surface area (Å²) in [4.78, 5) is 0. The third-order valence-corrected chi connectivity index (χ3v) is 2.11. The lowest BCUT2D eigenvalue weighted by Gasteiger charge is -2.25. The maximum absolute atomic E-state index is 8.75. The summed E-state index contributed by atoms with van der Waals surface area (Å²) < 4.78 is 0. The van der Waals surface area contributed by atoms with Crippen molar-refractivity contribution in [3.05, 3.63) is 0 Å². The molecular weight excluding hydrogens is 180 g/mol. The van der Waals surface area contributed by atoms with Gasteiger partial charge in [-0.05, 0) is 12.8 Å². The van der Waals surface area contributed by atoms with Gasteiger partial charge in [-0.15, -0.1) is 12.4 Å². The van der Waals surface area contributed by atoms with Gasteiger partial charge in [0.15, 0.2) is 0 Å². The lowest BCUT2D eigenvalue weighted by molar-refractivity contribution is 0.288. The molecule has 0 radical (unpaired) electrons. The van der Waals surface area contributed by atoms with Gasteiger partial charge in [0.2, 0.25) is 0 Å². The number of halogens is 1. The fourth-order valence-electron chi connectivity index (χ4n) is 0.947. The molecule has 0 amide bonds. The van der Waals surface area contributed by atoms with Crippen molar-refractivity contribution in [3.63, 3.8) is 0 Å². The Morgan fingerprint density at radius 3 is 1.92 bits per heavy atom. The van der Waals surface area contributed by atoms with Crippen LogP contribution in [0.25, 0.3) is 0 Å². The van der Waals surface area contributed by atoms with E-state index in [0.29, 0.717) is 12.8 Å². The van der Waals surface area contributed by atoms with Crippen molar-refractivity contribution in [1.29, 1.82) is 0 Å². The molecule has 4 N–H and O–H groups in total. The number of rotatable bonds is 4. The fraction of sp³-hybridized carbons (Fsp3) is 0.857. The van der Waals surface area contributed by atoms with Gasteiger partial charge in [0.25, 0.3) is 0 Å². The molecule has 0 fully saturated rings. The van der Waals surface area contributed by atoms with Crippen molar-refractivity contribution in [3.8, 4) is 0 Å². The van der Waals surface area contributed by atoms with Crippen LogP contribution in [0, 0.1) is 0 Å². The predicted molar refractivity (Wildman–Crippen MR) is 51.1 cm³/mol. The molecule has 0 saturated carbocycles. The molecular formula is C7H17ClN2O2. The van der Waals surface area contributed by atoms with Crippen molar-refractivity contribution < 1.29 is 10.3 Å². The van der Waals surface area contributed by atoms with Gasteiger partial charge < -0.3 is 16.0 Å². The number of aliphatic hydroxyl groups is 1. The monoisotopic (exact) mass is 196 g/mol. The highest BCUT2D eigenvalue weighted by molar-refractivity contribution is 5.93. The van der Waals surface area contributed by atoms with E-state index in [2.05, 4.69) is 5.16 Å². The Bertz CT molecular complexity index is 146. The van der Waals surface area contributed by atoms with Crippen LogP contribution in [-0.4, -0.2) is 28.2 Å². The Balaban J connectivity index is 0. The number of hydrogen-bond acceptors (Lipinski definition) is 4. The van der Waals surface area contributed by atoms with Gasteiger partial charge in [0, 0.05) is 0 Å². The topological polar surface area (TPSA) is 78.8 Å². The molecule has 0 aromatic rings. The minimum absolute atomic E-state index is 0. The van der Waals surface area contributed by atoms with Gasteiger partial charge in [0.05, 0.1) is 12.1 Å². The summed E-state index contributed by atoms with van der Waals surface area (Å²) in [5.74, 6) is 0. The fourth-order valence-corrected chi connectivity index (χ4v) is 0.947. The number of nitrogens with zero attached hydrogens (tertiary/aromatic N) is 1. The van der Waals surface area contributed by atoms with Crippen LogP contribution in [0.2, 0.25) is 0 Å². The second kappa shape index (κ2) is 6.22. The number of nitrogens with two attached hydrogens (primary N) is 1. The third kappa shape index (κ3) is 2.97. The molecule has 4 nitrogen and oxygen atoms in total. The van der Waals surface area contributed by atoms with Gasteiger partial charge >= 0.3 is 0 Å². The molecule has 0 bridgehead atoms. The van der Waals surface area contributed by atoms with Crippen molar-refractivity contribution in [2.24, 2.45) is 10.9 Å². The average molecular weight is 197 g/mol. The van der Waals surface area contributed by atoms with Gasteiger partial charge in [0.1, 0.15) is 5.71 Å². The second-order valence-electron chi connectivity index (χ2n) is 2.57. The molecule has 5 heteroatoms. The molecule has 0 spiro atoms. The predicted octanol–water partition coefficient (Wildman–Crippen LogP) is 0.748. The molecule has 0 aromatic heterocycles. The zero-order valence-corrected chi connectivity index (χ0v) is 8.27. The lowest BCUT2D eigenvalue weighted by Crippen LogP contribution is -2.48. The van der Waals surface area contributed by atoms with Crippen LogP contribution >= 0.6 is 12.4 Å². The Labute approximate surface area is 78.9 Å². The van der Waals surface area contributed by atoms with E-state index in [1.807, 2.05) is 13.8 Å². The second-order valence-corrected chi connectivity index (χ2v) is 2.57. The summed E-state index contributed by atoms with van der Waals surface area (Å²) in [6.07, 6.45) is 1.31. The number of aliphatic hydroxyl groups excluding tert-OH is 1. The maximum Gasteiger partial charge on any atom is 0.102 e. The van der Waals surface area contributed by atoms with Crippen LogP contribution in [0.4, 0.5) is 0 Å². The van der Waals surface area contributed by atoms with Gasteiger partial charge in [-0.25, -0.2) is 0 Å². The Kier molecular flexibility index (Phi) is 7.37. The van der Waals surface area contributed by atoms with Crippen LogP contribution < -0.4 is 5.73 Å². The van der Waals surface area contributed by atoms with Crippen molar-refractivity contribution in [2.45, 2.75) is 32.2 Å². The summed E-state index contributed by atoms with van der Waals surface area (Å²) in [5.41, 5.74) is 5.41. The molecule has 0 atom stereocenters. The van der Waals surface area contributed by atoms with E-state index in [-0.39, 0.29) is 24.7 Å². The quantitative estimate of drug-likeness (QED) is 0.353. The van der Waals surface area contributed by atoms with Crippen LogP contribution in [-0.2, 0) is 0 Å². The van der Waals surface area contributed by atoms with Crippen LogP contribution in [0.3, 0.4) is 0 Å². The summed E-state index contributed by atoms with van der Waals surface area (Å²) in [5, 5.41) is 20.2. The highest BCUT2D eigenvalue weighted by atomic mass is 35.5. The van der Waals surface area contributed by atoms with E-state index < -0.39 is 5.54 Å². The highest BCUT2D eigenvalue weighted by Gasteiger charge is 2.27. The molecule has 74 valence electrons. The molecule has 0 heterocycles. The molecule has 0 aliphatic rings. The smallest absolute Gasteiger partial charge is 0.102 e. The summed E-state index contributed by atoms with van der Waals surface area (Å²) in [7, 11) is 0. The van der Waals surface area contributed by atoms with Crippen LogP contribution in [0.1, 0.15) is 26.7 Å². The number of hydrogen-bond donors (Lipinski definition) is 3. The Morgan fingerprint density at radius 2 is 1.83 bits per heavy atom. The van der Waals surface area contributed by atoms with Crippen molar-refractivity contribution in [2.75, 3.05) is 6.61 Å². The maximum atomic E-state index is 8.75. The minimum Gasteiger partial charge on any atom is -0.411 e. The normalized spacial score (nSPS) is 12.5. The zero-order valence-electron chi connectivity index (χ0n) is 7.45. The average Bonchev–Trinajstić information content (AvgIpc) is 2.06. The van der Waals surface area contributed by atoms with E-state index in [4.69, 9.17) is 16.0 Å². The molecule has 0 aliphatic carbocycles. The zero-order chi connectivity index (χ0) is 8.91. The largest absolute Gasteiger partial charge is 0.411 e. The van der Waals surface area contributed by atoms with E-state index in [1.165, 1.54) is 0 Å². The van der Waals surface area contributed by atoms with Crippen molar-refractivity contribution in [1.82, 2.24) is 0 Å². The first-order chi connectivity index (χ1) is 5.14. The molecule has 0 aliphatic heterocycles. The van der Waals surface area contributed by atoms with E-state index >= 15 is 0 Å². The molecule has 0 saturated heterocycles. The van der Waals surface area contributed by atoms with Crippen LogP contribution in [0.15, 0.2) is 5.16 Å². The first-order valence-electron chi connectivity index (χ1n) is 3.75. The lowest BCUT2D eigenvalue weighted by atomic mass is 9.89.